The predicted molar refractivity (Wildman–Crippen MR) is 125 cm³/mol. The highest BCUT2D eigenvalue weighted by molar-refractivity contribution is 7.93. The summed E-state index contributed by atoms with van der Waals surface area (Å²) in [5.41, 5.74) is -2.80. The molecule has 2 aromatic heterocycles. The number of nitrogens with one attached hydrogen (secondary N) is 2. The molecule has 1 aromatic carbocycles. The van der Waals surface area contributed by atoms with Crippen LogP contribution < -0.4 is 10.6 Å². The average molecular weight is 558 g/mol. The second kappa shape index (κ2) is 9.37. The molecule has 3 heterocycles. The van der Waals surface area contributed by atoms with Crippen molar-refractivity contribution in [2.24, 2.45) is 0 Å². The summed E-state index contributed by atoms with van der Waals surface area (Å²) in [4.78, 5) is 32.5. The lowest BCUT2D eigenvalue weighted by Gasteiger charge is -2.16. The third-order valence-electron chi connectivity index (χ3n) is 5.36. The fraction of sp³-hybridized carbons (Fsp3) is 0.273. The van der Waals surface area contributed by atoms with Gasteiger partial charge in [-0.1, -0.05) is 0 Å². The molecule has 15 heteroatoms. The second-order valence-corrected chi connectivity index (χ2v) is 11.7. The zero-order chi connectivity index (χ0) is 27.2. The Morgan fingerprint density at radius 2 is 1.78 bits per heavy atom. The van der Waals surface area contributed by atoms with Gasteiger partial charge in [-0.25, -0.2) is 27.6 Å². The topological polar surface area (TPSA) is 121 Å². The first-order chi connectivity index (χ1) is 17.2. The molecule has 0 saturated carbocycles. The number of alkyl halides is 3. The van der Waals surface area contributed by atoms with E-state index in [-0.39, 0.29) is 33.0 Å². The summed E-state index contributed by atoms with van der Waals surface area (Å²) in [7, 11) is -4.11. The summed E-state index contributed by atoms with van der Waals surface area (Å²) in [6.07, 6.45) is -4.27. The van der Waals surface area contributed by atoms with Gasteiger partial charge in [-0.05, 0) is 50.2 Å². The van der Waals surface area contributed by atoms with Gasteiger partial charge in [0.15, 0.2) is 0 Å². The smallest absolute Gasteiger partial charge is 0.352 e. The third kappa shape index (κ3) is 5.27. The Morgan fingerprint density at radius 3 is 2.38 bits per heavy atom. The van der Waals surface area contributed by atoms with E-state index in [4.69, 9.17) is 0 Å². The highest BCUT2D eigenvalue weighted by Gasteiger charge is 2.44. The molecule has 1 aliphatic heterocycles. The number of anilines is 1. The van der Waals surface area contributed by atoms with Crippen LogP contribution in [0.5, 0.6) is 0 Å². The Kier molecular flexibility index (Phi) is 6.71. The van der Waals surface area contributed by atoms with E-state index in [2.05, 4.69) is 20.6 Å². The molecule has 3 amide bonds. The van der Waals surface area contributed by atoms with Crippen molar-refractivity contribution in [3.8, 4) is 10.6 Å². The number of sulfone groups is 1. The van der Waals surface area contributed by atoms with Crippen molar-refractivity contribution in [1.82, 2.24) is 20.2 Å². The number of amides is 3. The molecule has 0 radical (unpaired) electrons. The third-order valence-corrected chi connectivity index (χ3v) is 8.71. The van der Waals surface area contributed by atoms with Crippen molar-refractivity contribution < 1.29 is 35.6 Å². The largest absolute Gasteiger partial charge is 0.420 e. The van der Waals surface area contributed by atoms with Gasteiger partial charge in [-0.15, -0.1) is 11.3 Å². The Hall–Kier alpha value is -3.59. The molecule has 0 spiro atoms. The standard InChI is InChI=1S/C22H19F4N5O4S2/c1-21(2)18(32)31(20(33)30-21)10-9-27-19-28-11-14(22(24,25)26)17(29-19)15-7-8-16(36-15)37(34,35)13-5-3-12(23)4-6-13/h3-8,11H,9-10H2,1-2H3,(H,30,33)(H,27,28,29). The number of aromatic nitrogens is 2. The molecule has 1 saturated heterocycles. The summed E-state index contributed by atoms with van der Waals surface area (Å²) >= 11 is 0.570. The molecule has 0 aliphatic carbocycles. The second-order valence-electron chi connectivity index (χ2n) is 8.47. The van der Waals surface area contributed by atoms with Crippen LogP contribution in [0.2, 0.25) is 0 Å². The van der Waals surface area contributed by atoms with Crippen molar-refractivity contribution >= 4 is 39.1 Å². The number of urea groups is 1. The number of nitrogens with zero attached hydrogens (tertiary/aromatic N) is 3. The van der Waals surface area contributed by atoms with E-state index in [1.807, 2.05) is 0 Å². The lowest BCUT2D eigenvalue weighted by molar-refractivity contribution is -0.137. The summed E-state index contributed by atoms with van der Waals surface area (Å²) in [5.74, 6) is -1.31. The van der Waals surface area contributed by atoms with Crippen molar-refractivity contribution in [2.45, 2.75) is 34.7 Å². The molecule has 1 aliphatic rings. The zero-order valence-corrected chi connectivity index (χ0v) is 20.9. The van der Waals surface area contributed by atoms with E-state index in [9.17, 15) is 35.6 Å². The molecule has 0 unspecified atom stereocenters. The Bertz CT molecular complexity index is 1470. The van der Waals surface area contributed by atoms with E-state index < -0.39 is 50.6 Å². The minimum Gasteiger partial charge on any atom is -0.352 e. The number of hydrogen-bond acceptors (Lipinski definition) is 8. The van der Waals surface area contributed by atoms with Crippen LogP contribution in [0.3, 0.4) is 0 Å². The number of thiophene rings is 1. The maximum atomic E-state index is 13.7. The van der Waals surface area contributed by atoms with E-state index in [1.54, 1.807) is 0 Å². The highest BCUT2D eigenvalue weighted by Crippen LogP contribution is 2.40. The van der Waals surface area contributed by atoms with Gasteiger partial charge >= 0.3 is 12.2 Å². The maximum absolute atomic E-state index is 13.7. The lowest BCUT2D eigenvalue weighted by Crippen LogP contribution is -2.40. The van der Waals surface area contributed by atoms with Crippen molar-refractivity contribution in [3.05, 3.63) is 54.0 Å². The molecule has 0 atom stereocenters. The van der Waals surface area contributed by atoms with E-state index in [0.717, 1.165) is 35.2 Å². The van der Waals surface area contributed by atoms with Crippen LogP contribution in [0.4, 0.5) is 28.3 Å². The minimum atomic E-state index is -4.83. The summed E-state index contributed by atoms with van der Waals surface area (Å²) in [6, 6.07) is 5.79. The van der Waals surface area contributed by atoms with Crippen LogP contribution in [-0.2, 0) is 20.8 Å². The number of hydrogen-bond donors (Lipinski definition) is 2. The van der Waals surface area contributed by atoms with Crippen molar-refractivity contribution in [2.75, 3.05) is 18.4 Å². The molecule has 9 nitrogen and oxygen atoms in total. The van der Waals surface area contributed by atoms with E-state index in [0.29, 0.717) is 17.5 Å². The van der Waals surface area contributed by atoms with E-state index in [1.165, 1.54) is 19.9 Å². The predicted octanol–water partition coefficient (Wildman–Crippen LogP) is 3.94. The highest BCUT2D eigenvalue weighted by atomic mass is 32.2. The SMILES string of the molecule is CC1(C)NC(=O)N(CCNc2ncc(C(F)(F)F)c(-c3ccc(S(=O)(=O)c4ccc(F)cc4)s3)n2)C1=O. The normalized spacial score (nSPS) is 15.7. The number of halogens is 4. The number of carbonyl (C=O) groups excluding carboxylic acids is 2. The number of imide groups is 1. The molecular weight excluding hydrogens is 538 g/mol. The van der Waals surface area contributed by atoms with Gasteiger partial charge in [0, 0.05) is 19.3 Å². The number of rotatable bonds is 7. The van der Waals surface area contributed by atoms with E-state index >= 15 is 0 Å². The summed E-state index contributed by atoms with van der Waals surface area (Å²) < 4.78 is 79.7. The maximum Gasteiger partial charge on any atom is 0.420 e. The van der Waals surface area contributed by atoms with Gasteiger partial charge in [0.05, 0.1) is 15.5 Å². The first-order valence-corrected chi connectivity index (χ1v) is 12.9. The minimum absolute atomic E-state index is 0.0469. The molecule has 2 N–H and O–H groups in total. The molecular formula is C22H19F4N5O4S2. The molecule has 37 heavy (non-hydrogen) atoms. The van der Waals surface area contributed by atoms with Gasteiger partial charge in [-0.3, -0.25) is 9.69 Å². The van der Waals surface area contributed by atoms with Crippen molar-refractivity contribution in [1.29, 1.82) is 0 Å². The Balaban J connectivity index is 1.60. The van der Waals surface area contributed by atoms with Crippen LogP contribution in [0.25, 0.3) is 10.6 Å². The van der Waals surface area contributed by atoms with Crippen LogP contribution in [0, 0.1) is 5.82 Å². The monoisotopic (exact) mass is 557 g/mol. The van der Waals surface area contributed by atoms with Crippen LogP contribution >= 0.6 is 11.3 Å². The molecule has 1 fully saturated rings. The molecule has 4 rings (SSSR count). The Morgan fingerprint density at radius 1 is 1.11 bits per heavy atom. The number of carbonyl (C=O) groups is 2. The number of benzene rings is 1. The van der Waals surface area contributed by atoms with Crippen LogP contribution in [0.1, 0.15) is 19.4 Å². The van der Waals surface area contributed by atoms with Gasteiger partial charge in [0.2, 0.25) is 15.8 Å². The fourth-order valence-electron chi connectivity index (χ4n) is 3.48. The first kappa shape index (κ1) is 26.5. The molecule has 196 valence electrons. The van der Waals surface area contributed by atoms with Gasteiger partial charge in [0.1, 0.15) is 21.1 Å². The first-order valence-electron chi connectivity index (χ1n) is 10.6. The summed E-state index contributed by atoms with van der Waals surface area (Å²) in [6.45, 7) is 2.94. The van der Waals surface area contributed by atoms with Crippen molar-refractivity contribution in [3.63, 3.8) is 0 Å². The zero-order valence-electron chi connectivity index (χ0n) is 19.3. The summed E-state index contributed by atoms with van der Waals surface area (Å²) in [5, 5.41) is 5.20. The van der Waals surface area contributed by atoms with Gasteiger partial charge < -0.3 is 10.6 Å². The Labute approximate surface area is 212 Å². The fourth-order valence-corrected chi connectivity index (χ4v) is 6.20. The average Bonchev–Trinajstić information content (AvgIpc) is 3.38. The lowest BCUT2D eigenvalue weighted by atomic mass is 10.1. The van der Waals surface area contributed by atoms with Crippen LogP contribution in [-0.4, -0.2) is 53.9 Å². The molecule has 3 aromatic rings. The molecule has 0 bridgehead atoms. The quantitative estimate of drug-likeness (QED) is 0.256. The van der Waals surface area contributed by atoms with Gasteiger partial charge in [-0.2, -0.15) is 13.2 Å². The van der Waals surface area contributed by atoms with Gasteiger partial charge in [0.25, 0.3) is 5.91 Å². The van der Waals surface area contributed by atoms with Crippen LogP contribution in [0.15, 0.2) is 51.7 Å².